The maximum absolute atomic E-state index is 5.47. The Morgan fingerprint density at radius 3 is 2.00 bits per heavy atom. The van der Waals surface area contributed by atoms with Gasteiger partial charge in [-0.15, -0.1) is 0 Å². The van der Waals surface area contributed by atoms with Crippen LogP contribution in [0.15, 0.2) is 0 Å². The second-order valence-corrected chi connectivity index (χ2v) is 5.94. The second-order valence-electron chi connectivity index (χ2n) is 1.72. The normalized spacial score (nSPS) is 13.5. The van der Waals surface area contributed by atoms with Crippen molar-refractivity contribution in [1.29, 1.82) is 0 Å². The zero-order chi connectivity index (χ0) is 6.62. The minimum Gasteiger partial charge on any atom is -0.0837 e. The standard InChI is InChI=1S/C4H9Cl3Si/c1-8-3-2-4(5,6)7/h2-3,8H2,1H3. The molecule has 0 amide bonds. The highest BCUT2D eigenvalue weighted by Gasteiger charge is 2.17. The molecular formula is C4H9Cl3Si. The number of halogens is 3. The van der Waals surface area contributed by atoms with E-state index in [9.17, 15) is 0 Å². The lowest BCUT2D eigenvalue weighted by Crippen LogP contribution is -2.01. The molecule has 0 atom stereocenters. The fourth-order valence-electron chi connectivity index (χ4n) is 0.377. The lowest BCUT2D eigenvalue weighted by atomic mass is 10.6. The van der Waals surface area contributed by atoms with E-state index in [4.69, 9.17) is 34.8 Å². The molecule has 50 valence electrons. The van der Waals surface area contributed by atoms with Crippen molar-refractivity contribution in [2.45, 2.75) is 22.8 Å². The summed E-state index contributed by atoms with van der Waals surface area (Å²) in [5.74, 6) is 0. The first-order valence-electron chi connectivity index (χ1n) is 2.63. The van der Waals surface area contributed by atoms with Crippen molar-refractivity contribution in [3.63, 3.8) is 0 Å². The molecule has 0 N–H and O–H groups in total. The quantitative estimate of drug-likeness (QED) is 0.464. The molecule has 0 aromatic carbocycles. The molecule has 0 fully saturated rings. The van der Waals surface area contributed by atoms with Crippen molar-refractivity contribution in [3.8, 4) is 0 Å². The fraction of sp³-hybridized carbons (Fsp3) is 1.00. The zero-order valence-corrected chi connectivity index (χ0v) is 8.44. The van der Waals surface area contributed by atoms with Crippen molar-refractivity contribution in [2.75, 3.05) is 0 Å². The maximum Gasteiger partial charge on any atom is 0.190 e. The monoisotopic (exact) mass is 190 g/mol. The van der Waals surface area contributed by atoms with Gasteiger partial charge in [0.05, 0.1) is 0 Å². The minimum absolute atomic E-state index is 0.0808. The van der Waals surface area contributed by atoms with Gasteiger partial charge in [-0.05, 0) is 6.42 Å². The SMILES string of the molecule is C[SiH2]CCC(Cl)(Cl)Cl. The highest BCUT2D eigenvalue weighted by molar-refractivity contribution is 6.67. The van der Waals surface area contributed by atoms with Crippen LogP contribution in [0.5, 0.6) is 0 Å². The topological polar surface area (TPSA) is 0 Å². The van der Waals surface area contributed by atoms with Gasteiger partial charge in [-0.25, -0.2) is 0 Å². The Kier molecular flexibility index (Phi) is 4.53. The van der Waals surface area contributed by atoms with Crippen molar-refractivity contribution < 1.29 is 0 Å². The molecule has 0 saturated heterocycles. The van der Waals surface area contributed by atoms with Gasteiger partial charge in [-0.3, -0.25) is 0 Å². The first-order valence-corrected chi connectivity index (χ1v) is 6.18. The summed E-state index contributed by atoms with van der Waals surface area (Å²) in [5, 5.41) is 0. The van der Waals surface area contributed by atoms with Crippen LogP contribution in [0.2, 0.25) is 12.6 Å². The third-order valence-electron chi connectivity index (χ3n) is 0.814. The van der Waals surface area contributed by atoms with Crippen LogP contribution in [-0.4, -0.2) is 13.3 Å². The van der Waals surface area contributed by atoms with E-state index >= 15 is 0 Å². The molecule has 0 unspecified atom stereocenters. The molecule has 0 spiro atoms. The summed E-state index contributed by atoms with van der Waals surface area (Å²) < 4.78 is -0.997. The van der Waals surface area contributed by atoms with Gasteiger partial charge >= 0.3 is 0 Å². The van der Waals surface area contributed by atoms with E-state index in [0.29, 0.717) is 0 Å². The third kappa shape index (κ3) is 7.09. The molecule has 0 saturated carbocycles. The van der Waals surface area contributed by atoms with Crippen LogP contribution in [0.4, 0.5) is 0 Å². The van der Waals surface area contributed by atoms with Crippen molar-refractivity contribution >= 4 is 44.3 Å². The summed E-state index contributed by atoms with van der Waals surface area (Å²) in [7, 11) is 0.0808. The van der Waals surface area contributed by atoms with Gasteiger partial charge in [0.25, 0.3) is 0 Å². The molecule has 8 heavy (non-hydrogen) atoms. The number of rotatable bonds is 2. The van der Waals surface area contributed by atoms with Crippen LogP contribution in [-0.2, 0) is 0 Å². The summed E-state index contributed by atoms with van der Waals surface area (Å²) >= 11 is 16.4. The zero-order valence-electron chi connectivity index (χ0n) is 4.76. The Hall–Kier alpha value is 1.09. The number of hydrogen-bond acceptors (Lipinski definition) is 0. The molecule has 0 nitrogen and oxygen atoms in total. The Bertz CT molecular complexity index is 58.8. The largest absolute Gasteiger partial charge is 0.190 e. The molecule has 0 bridgehead atoms. The second kappa shape index (κ2) is 3.99. The molecule has 0 radical (unpaired) electrons. The highest BCUT2D eigenvalue weighted by atomic mass is 35.6. The summed E-state index contributed by atoms with van der Waals surface area (Å²) in [5.41, 5.74) is 0. The first-order chi connectivity index (χ1) is 3.56. The van der Waals surface area contributed by atoms with Gasteiger partial charge in [-0.1, -0.05) is 47.4 Å². The summed E-state index contributed by atoms with van der Waals surface area (Å²) in [4.78, 5) is 0. The number of hydrogen-bond donors (Lipinski definition) is 0. The molecule has 0 aliphatic heterocycles. The fourth-order valence-corrected chi connectivity index (χ4v) is 2.33. The summed E-state index contributed by atoms with van der Waals surface area (Å²) in [6.45, 7) is 2.20. The van der Waals surface area contributed by atoms with Crippen molar-refractivity contribution in [1.82, 2.24) is 0 Å². The van der Waals surface area contributed by atoms with E-state index < -0.39 is 3.79 Å². The van der Waals surface area contributed by atoms with Gasteiger partial charge in [0, 0.05) is 9.52 Å². The van der Waals surface area contributed by atoms with Crippen LogP contribution in [0.3, 0.4) is 0 Å². The summed E-state index contributed by atoms with van der Waals surface area (Å²) in [6.07, 6.45) is 0.723. The van der Waals surface area contributed by atoms with Gasteiger partial charge in [0.1, 0.15) is 0 Å². The predicted molar refractivity (Wildman–Crippen MR) is 44.1 cm³/mol. The van der Waals surface area contributed by atoms with Crippen LogP contribution >= 0.6 is 34.8 Å². The Morgan fingerprint density at radius 2 is 1.88 bits per heavy atom. The molecular weight excluding hydrogens is 182 g/mol. The van der Waals surface area contributed by atoms with Gasteiger partial charge in [0.2, 0.25) is 0 Å². The predicted octanol–water partition coefficient (Wildman–Crippen LogP) is 2.38. The average molecular weight is 192 g/mol. The van der Waals surface area contributed by atoms with Crippen molar-refractivity contribution in [3.05, 3.63) is 0 Å². The lowest BCUT2D eigenvalue weighted by molar-refractivity contribution is 0.965. The van der Waals surface area contributed by atoms with Crippen LogP contribution in [0.25, 0.3) is 0 Å². The Balaban J connectivity index is 3.11. The molecule has 0 aromatic rings. The molecule has 0 aliphatic rings. The number of alkyl halides is 3. The molecule has 0 aliphatic carbocycles. The molecule has 4 heteroatoms. The van der Waals surface area contributed by atoms with Gasteiger partial charge in [0.15, 0.2) is 3.79 Å². The Labute approximate surface area is 67.3 Å². The molecule has 0 aromatic heterocycles. The third-order valence-corrected chi connectivity index (χ3v) is 2.44. The van der Waals surface area contributed by atoms with Crippen molar-refractivity contribution in [2.24, 2.45) is 0 Å². The summed E-state index contributed by atoms with van der Waals surface area (Å²) in [6, 6.07) is 1.12. The lowest BCUT2D eigenvalue weighted by Gasteiger charge is -2.07. The van der Waals surface area contributed by atoms with E-state index in [2.05, 4.69) is 6.55 Å². The molecule has 0 heterocycles. The average Bonchev–Trinajstić information content (AvgIpc) is 1.59. The van der Waals surface area contributed by atoms with E-state index in [0.717, 1.165) is 12.5 Å². The first kappa shape index (κ1) is 9.09. The van der Waals surface area contributed by atoms with Gasteiger partial charge < -0.3 is 0 Å². The molecule has 0 rings (SSSR count). The van der Waals surface area contributed by atoms with Gasteiger partial charge in [-0.2, -0.15) is 0 Å². The smallest absolute Gasteiger partial charge is 0.0837 e. The van der Waals surface area contributed by atoms with E-state index in [-0.39, 0.29) is 9.52 Å². The minimum atomic E-state index is -0.997. The van der Waals surface area contributed by atoms with E-state index in [1.165, 1.54) is 0 Å². The van der Waals surface area contributed by atoms with Crippen LogP contribution in [0.1, 0.15) is 6.42 Å². The Morgan fingerprint density at radius 1 is 1.38 bits per heavy atom. The van der Waals surface area contributed by atoms with Crippen LogP contribution < -0.4 is 0 Å². The van der Waals surface area contributed by atoms with Crippen LogP contribution in [0, 0.1) is 0 Å². The van der Waals surface area contributed by atoms with E-state index in [1.807, 2.05) is 0 Å². The highest BCUT2D eigenvalue weighted by Crippen LogP contribution is 2.31. The van der Waals surface area contributed by atoms with E-state index in [1.54, 1.807) is 0 Å². The maximum atomic E-state index is 5.47.